The molecule has 0 atom stereocenters. The van der Waals surface area contributed by atoms with Crippen molar-refractivity contribution in [2.75, 3.05) is 7.05 Å². The first-order valence-corrected chi connectivity index (χ1v) is 5.34. The molecule has 1 saturated carbocycles. The van der Waals surface area contributed by atoms with Gasteiger partial charge in [-0.1, -0.05) is 11.6 Å². The Morgan fingerprint density at radius 1 is 1.67 bits per heavy atom. The van der Waals surface area contributed by atoms with Crippen LogP contribution in [0.5, 0.6) is 0 Å². The predicted molar refractivity (Wildman–Crippen MR) is 55.1 cm³/mol. The lowest BCUT2D eigenvalue weighted by Crippen LogP contribution is -2.35. The summed E-state index contributed by atoms with van der Waals surface area (Å²) in [4.78, 5) is 13.5. The number of hydrogen-bond donors (Lipinski definition) is 0. The van der Waals surface area contributed by atoms with Gasteiger partial charge in [0.2, 0.25) is 5.91 Å². The second-order valence-electron chi connectivity index (χ2n) is 4.25. The Morgan fingerprint density at radius 2 is 2.40 bits per heavy atom. The molecule has 4 heteroatoms. The minimum atomic E-state index is 0.238. The zero-order valence-electron chi connectivity index (χ0n) is 9.19. The topological polar surface area (TPSA) is 46.3 Å². The Labute approximate surface area is 89.2 Å². The van der Waals surface area contributed by atoms with E-state index < -0.39 is 0 Å². The molecule has 1 aromatic heterocycles. The van der Waals surface area contributed by atoms with E-state index in [0.29, 0.717) is 6.54 Å². The zero-order valence-corrected chi connectivity index (χ0v) is 9.19. The van der Waals surface area contributed by atoms with Gasteiger partial charge in [-0.3, -0.25) is 4.79 Å². The van der Waals surface area contributed by atoms with E-state index in [0.717, 1.165) is 24.3 Å². The van der Waals surface area contributed by atoms with E-state index in [1.165, 1.54) is 6.42 Å². The number of nitrogens with zero attached hydrogens (tertiary/aromatic N) is 2. The molecule has 1 aliphatic rings. The molecule has 0 aliphatic heterocycles. The molecule has 82 valence electrons. The zero-order chi connectivity index (χ0) is 10.8. The van der Waals surface area contributed by atoms with Crippen molar-refractivity contribution >= 4 is 5.91 Å². The van der Waals surface area contributed by atoms with Crippen molar-refractivity contribution in [3.63, 3.8) is 0 Å². The van der Waals surface area contributed by atoms with Crippen LogP contribution >= 0.6 is 0 Å². The maximum atomic E-state index is 11.8. The van der Waals surface area contributed by atoms with Crippen molar-refractivity contribution in [2.24, 2.45) is 5.92 Å². The monoisotopic (exact) mass is 208 g/mol. The van der Waals surface area contributed by atoms with Gasteiger partial charge >= 0.3 is 0 Å². The second kappa shape index (κ2) is 4.04. The molecule has 1 aromatic rings. The molecule has 0 unspecified atom stereocenters. The molecule has 15 heavy (non-hydrogen) atoms. The molecule has 1 amide bonds. The summed E-state index contributed by atoms with van der Waals surface area (Å²) in [5.41, 5.74) is 0.822. The van der Waals surface area contributed by atoms with Crippen LogP contribution in [-0.2, 0) is 11.3 Å². The van der Waals surface area contributed by atoms with Crippen LogP contribution in [0.2, 0.25) is 0 Å². The minimum Gasteiger partial charge on any atom is -0.361 e. The summed E-state index contributed by atoms with van der Waals surface area (Å²) in [6.07, 6.45) is 3.27. The average Bonchev–Trinajstić information content (AvgIpc) is 2.48. The lowest BCUT2D eigenvalue weighted by molar-refractivity contribution is -0.137. The molecule has 0 radical (unpaired) electrons. The van der Waals surface area contributed by atoms with Gasteiger partial charge < -0.3 is 9.42 Å². The van der Waals surface area contributed by atoms with Gasteiger partial charge in [0, 0.05) is 19.0 Å². The molecule has 0 aromatic carbocycles. The van der Waals surface area contributed by atoms with Crippen molar-refractivity contribution in [1.29, 1.82) is 0 Å². The van der Waals surface area contributed by atoms with Gasteiger partial charge in [0.15, 0.2) is 0 Å². The number of carbonyl (C=O) groups is 1. The van der Waals surface area contributed by atoms with Crippen LogP contribution in [0, 0.1) is 12.8 Å². The molecule has 0 bridgehead atoms. The summed E-state index contributed by atoms with van der Waals surface area (Å²) >= 11 is 0. The van der Waals surface area contributed by atoms with E-state index in [9.17, 15) is 4.79 Å². The van der Waals surface area contributed by atoms with Crippen LogP contribution in [0.1, 0.15) is 30.7 Å². The molecule has 0 saturated heterocycles. The Kier molecular flexibility index (Phi) is 2.75. The smallest absolute Gasteiger partial charge is 0.225 e. The predicted octanol–water partition coefficient (Wildman–Crippen LogP) is 1.74. The first-order chi connectivity index (χ1) is 7.16. The van der Waals surface area contributed by atoms with E-state index in [4.69, 9.17) is 4.52 Å². The molecular weight excluding hydrogens is 192 g/mol. The fourth-order valence-corrected chi connectivity index (χ4v) is 1.78. The van der Waals surface area contributed by atoms with Gasteiger partial charge in [0.25, 0.3) is 0 Å². The maximum absolute atomic E-state index is 11.8. The molecule has 1 aliphatic carbocycles. The summed E-state index contributed by atoms with van der Waals surface area (Å²) in [6, 6.07) is 1.87. The van der Waals surface area contributed by atoms with E-state index in [1.54, 1.807) is 4.90 Å². The molecule has 1 fully saturated rings. The summed E-state index contributed by atoms with van der Waals surface area (Å²) in [5.74, 6) is 1.28. The van der Waals surface area contributed by atoms with Crippen LogP contribution in [0.25, 0.3) is 0 Å². The number of carbonyl (C=O) groups excluding carboxylic acids is 1. The lowest BCUT2D eigenvalue weighted by Gasteiger charge is -2.28. The van der Waals surface area contributed by atoms with Crippen molar-refractivity contribution < 1.29 is 9.32 Å². The number of hydrogen-bond acceptors (Lipinski definition) is 3. The summed E-state index contributed by atoms with van der Waals surface area (Å²) in [6.45, 7) is 2.40. The van der Waals surface area contributed by atoms with Crippen molar-refractivity contribution in [1.82, 2.24) is 10.1 Å². The third-order valence-corrected chi connectivity index (χ3v) is 2.91. The normalized spacial score (nSPS) is 16.1. The highest BCUT2D eigenvalue weighted by Gasteiger charge is 2.27. The van der Waals surface area contributed by atoms with E-state index in [2.05, 4.69) is 5.16 Å². The van der Waals surface area contributed by atoms with Crippen molar-refractivity contribution in [3.05, 3.63) is 17.5 Å². The largest absolute Gasteiger partial charge is 0.361 e. The highest BCUT2D eigenvalue weighted by molar-refractivity contribution is 5.79. The van der Waals surface area contributed by atoms with Crippen molar-refractivity contribution in [3.8, 4) is 0 Å². The van der Waals surface area contributed by atoms with Gasteiger partial charge in [0.1, 0.15) is 11.5 Å². The SMILES string of the molecule is Cc1cc(CN(C)C(=O)C2CCC2)no1. The average molecular weight is 208 g/mol. The van der Waals surface area contributed by atoms with Gasteiger partial charge in [-0.15, -0.1) is 0 Å². The Bertz CT molecular complexity index is 355. The maximum Gasteiger partial charge on any atom is 0.225 e. The first kappa shape index (κ1) is 10.2. The molecule has 0 N–H and O–H groups in total. The highest BCUT2D eigenvalue weighted by Crippen LogP contribution is 2.28. The summed E-state index contributed by atoms with van der Waals surface area (Å²) in [5, 5.41) is 3.87. The number of aryl methyl sites for hydroxylation is 1. The highest BCUT2D eigenvalue weighted by atomic mass is 16.5. The van der Waals surface area contributed by atoms with Crippen LogP contribution in [0.4, 0.5) is 0 Å². The van der Waals surface area contributed by atoms with Gasteiger partial charge in [-0.25, -0.2) is 0 Å². The number of rotatable bonds is 3. The Morgan fingerprint density at radius 3 is 2.87 bits per heavy atom. The minimum absolute atomic E-state index is 0.238. The molecule has 0 spiro atoms. The van der Waals surface area contributed by atoms with E-state index in [1.807, 2.05) is 20.0 Å². The standard InChI is InChI=1S/C11H16N2O2/c1-8-6-10(12-15-8)7-13(2)11(14)9-4-3-5-9/h6,9H,3-5,7H2,1-2H3. The molecular formula is C11H16N2O2. The molecule has 2 rings (SSSR count). The molecule has 1 heterocycles. The van der Waals surface area contributed by atoms with Crippen LogP contribution in [0.3, 0.4) is 0 Å². The van der Waals surface area contributed by atoms with Gasteiger partial charge in [-0.05, 0) is 19.8 Å². The molecule has 4 nitrogen and oxygen atoms in total. The van der Waals surface area contributed by atoms with Crippen LogP contribution < -0.4 is 0 Å². The van der Waals surface area contributed by atoms with Crippen LogP contribution in [0.15, 0.2) is 10.6 Å². The Balaban J connectivity index is 1.91. The summed E-state index contributed by atoms with van der Waals surface area (Å²) < 4.78 is 4.96. The Hall–Kier alpha value is -1.32. The quantitative estimate of drug-likeness (QED) is 0.760. The van der Waals surface area contributed by atoms with E-state index in [-0.39, 0.29) is 11.8 Å². The van der Waals surface area contributed by atoms with Gasteiger partial charge in [-0.2, -0.15) is 0 Å². The summed E-state index contributed by atoms with van der Waals surface area (Å²) in [7, 11) is 1.82. The third-order valence-electron chi connectivity index (χ3n) is 2.91. The van der Waals surface area contributed by atoms with Crippen LogP contribution in [-0.4, -0.2) is 23.0 Å². The van der Waals surface area contributed by atoms with E-state index >= 15 is 0 Å². The first-order valence-electron chi connectivity index (χ1n) is 5.34. The number of aromatic nitrogens is 1. The third kappa shape index (κ3) is 2.19. The van der Waals surface area contributed by atoms with Gasteiger partial charge in [0.05, 0.1) is 6.54 Å². The lowest BCUT2D eigenvalue weighted by atomic mass is 9.84. The fraction of sp³-hybridized carbons (Fsp3) is 0.636. The van der Waals surface area contributed by atoms with Crippen molar-refractivity contribution in [2.45, 2.75) is 32.7 Å². The second-order valence-corrected chi connectivity index (χ2v) is 4.25. The number of amides is 1. The fourth-order valence-electron chi connectivity index (χ4n) is 1.78.